The van der Waals surface area contributed by atoms with Crippen LogP contribution < -0.4 is 11.1 Å². The summed E-state index contributed by atoms with van der Waals surface area (Å²) in [7, 11) is 0. The van der Waals surface area contributed by atoms with Gasteiger partial charge in [0.15, 0.2) is 11.6 Å². The molecule has 0 spiro atoms. The number of hydrogen-bond acceptors (Lipinski definition) is 5. The van der Waals surface area contributed by atoms with Gasteiger partial charge in [0.1, 0.15) is 11.4 Å². The molecule has 1 amide bonds. The van der Waals surface area contributed by atoms with Crippen molar-refractivity contribution in [1.29, 1.82) is 0 Å². The van der Waals surface area contributed by atoms with Crippen LogP contribution >= 0.6 is 0 Å². The molecule has 4 aromatic rings. The summed E-state index contributed by atoms with van der Waals surface area (Å²) >= 11 is 0. The third-order valence-corrected chi connectivity index (χ3v) is 4.54. The topological polar surface area (TPSA) is 110 Å². The molecule has 1 atom stereocenters. The third kappa shape index (κ3) is 3.42. The van der Waals surface area contributed by atoms with Crippen molar-refractivity contribution < 1.29 is 4.79 Å². The Morgan fingerprint density at radius 3 is 2.71 bits per heavy atom. The number of fused-ring (bicyclic) bond motifs is 1. The second-order valence-corrected chi connectivity index (χ2v) is 6.70. The Kier molecular flexibility index (Phi) is 4.49. The van der Waals surface area contributed by atoms with Crippen LogP contribution in [0.25, 0.3) is 22.6 Å². The number of aryl methyl sites for hydroxylation is 1. The van der Waals surface area contributed by atoms with E-state index in [1.165, 1.54) is 6.20 Å². The molecule has 2 heterocycles. The zero-order valence-electron chi connectivity index (χ0n) is 15.6. The number of nitrogens with zero attached hydrogens (tertiary/aromatic N) is 3. The smallest absolute Gasteiger partial charge is 0.271 e. The fourth-order valence-corrected chi connectivity index (χ4v) is 3.01. The number of nitrogens with two attached hydrogens (primary N) is 1. The minimum Gasteiger partial charge on any atom is -0.382 e. The number of nitrogens with one attached hydrogen (secondary N) is 2. The Labute approximate surface area is 162 Å². The molecule has 0 saturated carbocycles. The lowest BCUT2D eigenvalue weighted by Crippen LogP contribution is -2.27. The summed E-state index contributed by atoms with van der Waals surface area (Å²) in [4.78, 5) is 28.9. The van der Waals surface area contributed by atoms with Crippen molar-refractivity contribution in [2.45, 2.75) is 19.9 Å². The predicted octanol–water partition coefficient (Wildman–Crippen LogP) is 3.40. The van der Waals surface area contributed by atoms with Crippen molar-refractivity contribution in [1.82, 2.24) is 25.3 Å². The average Bonchev–Trinajstić information content (AvgIpc) is 3.11. The van der Waals surface area contributed by atoms with Crippen molar-refractivity contribution in [3.05, 3.63) is 71.5 Å². The largest absolute Gasteiger partial charge is 0.382 e. The number of nitrogen functional groups attached to an aromatic ring is 1. The first-order valence-corrected chi connectivity index (χ1v) is 8.96. The maximum Gasteiger partial charge on any atom is 0.271 e. The van der Waals surface area contributed by atoms with Gasteiger partial charge in [0.2, 0.25) is 0 Å². The molecule has 4 rings (SSSR count). The van der Waals surface area contributed by atoms with Crippen molar-refractivity contribution in [2.24, 2.45) is 0 Å². The van der Waals surface area contributed by atoms with E-state index in [9.17, 15) is 4.79 Å². The highest BCUT2D eigenvalue weighted by atomic mass is 16.1. The second-order valence-electron chi connectivity index (χ2n) is 6.70. The van der Waals surface area contributed by atoms with Crippen LogP contribution in [0.2, 0.25) is 0 Å². The van der Waals surface area contributed by atoms with Crippen molar-refractivity contribution in [3.63, 3.8) is 0 Å². The molecule has 0 saturated heterocycles. The van der Waals surface area contributed by atoms with Gasteiger partial charge in [-0.25, -0.2) is 15.0 Å². The molecule has 7 heteroatoms. The summed E-state index contributed by atoms with van der Waals surface area (Å²) < 4.78 is 0. The normalized spacial score (nSPS) is 12.1. The van der Waals surface area contributed by atoms with E-state index < -0.39 is 0 Å². The van der Waals surface area contributed by atoms with E-state index in [1.807, 2.05) is 62.4 Å². The average molecular weight is 372 g/mol. The molecule has 0 unspecified atom stereocenters. The standard InChI is InChI=1S/C21H20N6O/c1-12-8-9-15-16(10-12)27-20(26-15)18-19(22)23-11-17(25-18)21(28)24-13(2)14-6-4-3-5-7-14/h3-11,13H,1-2H3,(H2,22,23)(H,24,28)(H,26,27)/t13-/m0/s1. The lowest BCUT2D eigenvalue weighted by Gasteiger charge is -2.14. The number of rotatable bonds is 4. The maximum absolute atomic E-state index is 12.7. The lowest BCUT2D eigenvalue weighted by atomic mass is 10.1. The number of aromatic nitrogens is 4. The number of H-pyrrole nitrogens is 1. The molecule has 28 heavy (non-hydrogen) atoms. The van der Waals surface area contributed by atoms with Gasteiger partial charge in [0, 0.05) is 0 Å². The number of carbonyl (C=O) groups is 1. The minimum absolute atomic E-state index is 0.161. The van der Waals surface area contributed by atoms with Crippen molar-refractivity contribution in [2.75, 3.05) is 5.73 Å². The van der Waals surface area contributed by atoms with Crippen molar-refractivity contribution >= 4 is 22.8 Å². The van der Waals surface area contributed by atoms with E-state index in [-0.39, 0.29) is 23.5 Å². The highest BCUT2D eigenvalue weighted by Gasteiger charge is 2.17. The zero-order chi connectivity index (χ0) is 19.7. The minimum atomic E-state index is -0.322. The van der Waals surface area contributed by atoms with Crippen LogP contribution in [0.5, 0.6) is 0 Å². The molecule has 4 N–H and O–H groups in total. The van der Waals surface area contributed by atoms with Crippen LogP contribution in [0.15, 0.2) is 54.7 Å². The molecule has 0 aliphatic carbocycles. The van der Waals surface area contributed by atoms with Gasteiger partial charge in [-0.05, 0) is 37.1 Å². The van der Waals surface area contributed by atoms with E-state index in [4.69, 9.17) is 5.73 Å². The molecule has 0 fully saturated rings. The molecule has 0 bridgehead atoms. The monoisotopic (exact) mass is 372 g/mol. The Hall–Kier alpha value is -3.74. The molecule has 0 aliphatic rings. The van der Waals surface area contributed by atoms with Gasteiger partial charge < -0.3 is 16.0 Å². The van der Waals surface area contributed by atoms with E-state index in [1.54, 1.807) is 0 Å². The van der Waals surface area contributed by atoms with Gasteiger partial charge in [0.05, 0.1) is 23.3 Å². The van der Waals surface area contributed by atoms with E-state index >= 15 is 0 Å². The quantitative estimate of drug-likeness (QED) is 0.509. The first-order chi connectivity index (χ1) is 13.5. The molecule has 2 aromatic carbocycles. The fourth-order valence-electron chi connectivity index (χ4n) is 3.01. The molecule has 2 aromatic heterocycles. The van der Waals surface area contributed by atoms with Gasteiger partial charge >= 0.3 is 0 Å². The Balaban J connectivity index is 1.63. The lowest BCUT2D eigenvalue weighted by molar-refractivity contribution is 0.0934. The predicted molar refractivity (Wildman–Crippen MR) is 109 cm³/mol. The van der Waals surface area contributed by atoms with E-state index in [2.05, 4.69) is 25.3 Å². The molecular weight excluding hydrogens is 352 g/mol. The number of carbonyl (C=O) groups excluding carboxylic acids is 1. The van der Waals surface area contributed by atoms with Crippen LogP contribution in [-0.2, 0) is 0 Å². The van der Waals surface area contributed by atoms with Gasteiger partial charge in [-0.1, -0.05) is 36.4 Å². The number of aromatic amines is 1. The second kappa shape index (κ2) is 7.11. The van der Waals surface area contributed by atoms with Crippen LogP contribution in [0.4, 0.5) is 5.82 Å². The zero-order valence-corrected chi connectivity index (χ0v) is 15.6. The SMILES string of the molecule is Cc1ccc2nc(-c3nc(C(=O)N[C@@H](C)c4ccccc4)cnc3N)[nH]c2c1. The summed E-state index contributed by atoms with van der Waals surface area (Å²) in [5, 5.41) is 2.93. The van der Waals surface area contributed by atoms with Crippen LogP contribution in [0, 0.1) is 6.92 Å². The summed E-state index contributed by atoms with van der Waals surface area (Å²) in [5.74, 6) is 0.372. The van der Waals surface area contributed by atoms with Gasteiger partial charge in [-0.3, -0.25) is 4.79 Å². The third-order valence-electron chi connectivity index (χ3n) is 4.54. The number of hydrogen-bond donors (Lipinski definition) is 3. The Morgan fingerprint density at radius 2 is 1.93 bits per heavy atom. The summed E-state index contributed by atoms with van der Waals surface area (Å²) in [6.07, 6.45) is 1.37. The van der Waals surface area contributed by atoms with E-state index in [0.717, 1.165) is 22.2 Å². The van der Waals surface area contributed by atoms with E-state index in [0.29, 0.717) is 11.5 Å². The molecule has 0 radical (unpaired) electrons. The summed E-state index contributed by atoms with van der Waals surface area (Å²) in [5.41, 5.74) is 10.3. The molecule has 7 nitrogen and oxygen atoms in total. The van der Waals surface area contributed by atoms with Gasteiger partial charge in [-0.2, -0.15) is 0 Å². The van der Waals surface area contributed by atoms with Crippen molar-refractivity contribution in [3.8, 4) is 11.5 Å². The number of anilines is 1. The van der Waals surface area contributed by atoms with Gasteiger partial charge in [0.25, 0.3) is 5.91 Å². The van der Waals surface area contributed by atoms with Crippen LogP contribution in [0.3, 0.4) is 0 Å². The summed E-state index contributed by atoms with van der Waals surface area (Å²) in [6, 6.07) is 15.5. The summed E-state index contributed by atoms with van der Waals surface area (Å²) in [6.45, 7) is 3.92. The maximum atomic E-state index is 12.7. The van der Waals surface area contributed by atoms with Crippen LogP contribution in [0.1, 0.15) is 34.6 Å². The first-order valence-electron chi connectivity index (χ1n) is 8.96. The molecule has 140 valence electrons. The Bertz CT molecular complexity index is 1150. The highest BCUT2D eigenvalue weighted by Crippen LogP contribution is 2.23. The highest BCUT2D eigenvalue weighted by molar-refractivity contribution is 5.93. The fraction of sp³-hybridized carbons (Fsp3) is 0.143. The Morgan fingerprint density at radius 1 is 1.14 bits per heavy atom. The number of benzene rings is 2. The molecule has 0 aliphatic heterocycles. The molecular formula is C21H20N6O. The number of imidazole rings is 1. The number of amides is 1. The van der Waals surface area contributed by atoms with Gasteiger partial charge in [-0.15, -0.1) is 0 Å². The first kappa shape index (κ1) is 17.7. The van der Waals surface area contributed by atoms with Crippen LogP contribution in [-0.4, -0.2) is 25.8 Å².